The SMILES string of the molecule is O=C(COC(=O)CC12CC3CC(CC(Br)(C3)C1)C2)NCc1ccc2c(c1)OCO2. The molecule has 1 aliphatic heterocycles. The average molecular weight is 464 g/mol. The molecule has 2 atom stereocenters. The molecule has 4 aliphatic carbocycles. The molecule has 5 aliphatic rings. The monoisotopic (exact) mass is 463 g/mol. The highest BCUT2D eigenvalue weighted by Gasteiger charge is 2.57. The van der Waals surface area contributed by atoms with Crippen LogP contribution in [0.1, 0.15) is 50.5 Å². The number of fused-ring (bicyclic) bond motifs is 1. The van der Waals surface area contributed by atoms with Gasteiger partial charge in [-0.3, -0.25) is 9.59 Å². The highest BCUT2D eigenvalue weighted by atomic mass is 79.9. The molecule has 1 aromatic carbocycles. The Morgan fingerprint density at radius 1 is 1.14 bits per heavy atom. The van der Waals surface area contributed by atoms with Crippen LogP contribution in [0.5, 0.6) is 11.5 Å². The van der Waals surface area contributed by atoms with Crippen LogP contribution in [0, 0.1) is 17.3 Å². The van der Waals surface area contributed by atoms with Crippen LogP contribution in [0.3, 0.4) is 0 Å². The van der Waals surface area contributed by atoms with Crippen molar-refractivity contribution in [3.63, 3.8) is 0 Å². The molecule has 0 aromatic heterocycles. The van der Waals surface area contributed by atoms with E-state index in [0.29, 0.717) is 24.5 Å². The Labute approximate surface area is 178 Å². The summed E-state index contributed by atoms with van der Waals surface area (Å²) in [5, 5.41) is 2.79. The molecular weight excluding hydrogens is 438 g/mol. The summed E-state index contributed by atoms with van der Waals surface area (Å²) in [6, 6.07) is 5.55. The molecule has 4 fully saturated rings. The van der Waals surface area contributed by atoms with Gasteiger partial charge >= 0.3 is 5.97 Å². The Morgan fingerprint density at radius 2 is 1.90 bits per heavy atom. The van der Waals surface area contributed by atoms with Crippen LogP contribution in [-0.4, -0.2) is 29.6 Å². The van der Waals surface area contributed by atoms with Crippen LogP contribution in [0.2, 0.25) is 0 Å². The molecule has 4 saturated carbocycles. The fraction of sp³-hybridized carbons (Fsp3) is 0.636. The lowest BCUT2D eigenvalue weighted by Crippen LogP contribution is -2.53. The van der Waals surface area contributed by atoms with Gasteiger partial charge < -0.3 is 19.5 Å². The van der Waals surface area contributed by atoms with E-state index in [0.717, 1.165) is 36.7 Å². The third-order valence-electron chi connectivity index (χ3n) is 6.92. The second-order valence-electron chi connectivity index (χ2n) is 9.41. The van der Waals surface area contributed by atoms with Crippen LogP contribution in [0.4, 0.5) is 0 Å². The maximum atomic E-state index is 12.5. The van der Waals surface area contributed by atoms with Crippen LogP contribution in [0.25, 0.3) is 0 Å². The number of hydrogen-bond acceptors (Lipinski definition) is 5. The smallest absolute Gasteiger partial charge is 0.306 e. The molecule has 7 heteroatoms. The highest BCUT2D eigenvalue weighted by molar-refractivity contribution is 9.10. The molecule has 1 heterocycles. The zero-order valence-electron chi connectivity index (χ0n) is 16.4. The zero-order valence-corrected chi connectivity index (χ0v) is 18.0. The van der Waals surface area contributed by atoms with Gasteiger partial charge in [-0.05, 0) is 73.5 Å². The quantitative estimate of drug-likeness (QED) is 0.514. The lowest BCUT2D eigenvalue weighted by atomic mass is 9.49. The Hall–Kier alpha value is -1.76. The summed E-state index contributed by atoms with van der Waals surface area (Å²) >= 11 is 3.97. The van der Waals surface area contributed by atoms with Crippen LogP contribution < -0.4 is 14.8 Å². The first-order valence-corrected chi connectivity index (χ1v) is 11.2. The Kier molecular flexibility index (Phi) is 4.76. The molecule has 1 aromatic rings. The summed E-state index contributed by atoms with van der Waals surface area (Å²) in [4.78, 5) is 24.6. The molecular formula is C22H26BrNO5. The van der Waals surface area contributed by atoms with Crippen LogP contribution >= 0.6 is 15.9 Å². The van der Waals surface area contributed by atoms with E-state index in [4.69, 9.17) is 14.2 Å². The van der Waals surface area contributed by atoms with Gasteiger partial charge in [0.1, 0.15) is 0 Å². The van der Waals surface area contributed by atoms with E-state index in [1.807, 2.05) is 18.2 Å². The summed E-state index contributed by atoms with van der Waals surface area (Å²) in [7, 11) is 0. The van der Waals surface area contributed by atoms with E-state index in [2.05, 4.69) is 21.2 Å². The van der Waals surface area contributed by atoms with E-state index in [1.54, 1.807) is 0 Å². The minimum atomic E-state index is -0.293. The Balaban J connectivity index is 1.09. The minimum Gasteiger partial charge on any atom is -0.456 e. The predicted molar refractivity (Wildman–Crippen MR) is 109 cm³/mol. The topological polar surface area (TPSA) is 73.9 Å². The van der Waals surface area contributed by atoms with Crippen LogP contribution in [-0.2, 0) is 20.9 Å². The molecule has 156 valence electrons. The van der Waals surface area contributed by atoms with E-state index in [-0.39, 0.29) is 35.0 Å². The van der Waals surface area contributed by atoms with Gasteiger partial charge in [0.2, 0.25) is 6.79 Å². The van der Waals surface area contributed by atoms with Crippen molar-refractivity contribution in [2.75, 3.05) is 13.4 Å². The second-order valence-corrected chi connectivity index (χ2v) is 11.1. The fourth-order valence-corrected chi connectivity index (χ4v) is 7.86. The molecule has 29 heavy (non-hydrogen) atoms. The number of benzene rings is 1. The number of alkyl halides is 1. The number of nitrogens with one attached hydrogen (secondary N) is 1. The van der Waals surface area contributed by atoms with E-state index >= 15 is 0 Å². The number of hydrogen-bond donors (Lipinski definition) is 1. The van der Waals surface area contributed by atoms with Gasteiger partial charge in [0.25, 0.3) is 5.91 Å². The van der Waals surface area contributed by atoms with Gasteiger partial charge in [0.05, 0.1) is 6.42 Å². The summed E-state index contributed by atoms with van der Waals surface area (Å²) in [6.45, 7) is 0.346. The van der Waals surface area contributed by atoms with Gasteiger partial charge in [-0.1, -0.05) is 22.0 Å². The summed E-state index contributed by atoms with van der Waals surface area (Å²) in [5.41, 5.74) is 0.971. The largest absolute Gasteiger partial charge is 0.456 e. The molecule has 4 bridgehead atoms. The molecule has 2 unspecified atom stereocenters. The van der Waals surface area contributed by atoms with Gasteiger partial charge in [-0.25, -0.2) is 0 Å². The highest BCUT2D eigenvalue weighted by Crippen LogP contribution is 2.65. The van der Waals surface area contributed by atoms with E-state index in [1.165, 1.54) is 19.3 Å². The number of amides is 1. The first kappa shape index (κ1) is 19.2. The van der Waals surface area contributed by atoms with Crippen molar-refractivity contribution in [1.82, 2.24) is 5.32 Å². The van der Waals surface area contributed by atoms with Crippen molar-refractivity contribution in [3.8, 4) is 11.5 Å². The number of esters is 1. The van der Waals surface area contributed by atoms with E-state index < -0.39 is 0 Å². The lowest BCUT2D eigenvalue weighted by Gasteiger charge is -2.60. The fourth-order valence-electron chi connectivity index (χ4n) is 6.35. The Morgan fingerprint density at radius 3 is 2.66 bits per heavy atom. The summed E-state index contributed by atoms with van der Waals surface area (Å²) in [6.07, 6.45) is 7.53. The molecule has 6 nitrogen and oxygen atoms in total. The van der Waals surface area contributed by atoms with Crippen molar-refractivity contribution >= 4 is 27.8 Å². The molecule has 1 amide bonds. The van der Waals surface area contributed by atoms with Gasteiger partial charge in [0.15, 0.2) is 18.1 Å². The number of rotatable bonds is 6. The van der Waals surface area contributed by atoms with Crippen molar-refractivity contribution in [3.05, 3.63) is 23.8 Å². The number of carbonyl (C=O) groups is 2. The lowest BCUT2D eigenvalue weighted by molar-refractivity contribution is -0.154. The minimum absolute atomic E-state index is 0.0631. The molecule has 0 saturated heterocycles. The normalized spacial score (nSPS) is 33.6. The number of carbonyl (C=O) groups excluding carboxylic acids is 2. The van der Waals surface area contributed by atoms with Crippen molar-refractivity contribution in [1.29, 1.82) is 0 Å². The van der Waals surface area contributed by atoms with Crippen molar-refractivity contribution < 1.29 is 23.8 Å². The standard InChI is InChI=1S/C22H26BrNO5/c23-22-7-15-3-16(8-22)6-21(5-15,12-22)9-20(26)27-11-19(25)24-10-14-1-2-17-18(4-14)29-13-28-17/h1-2,4,15-16H,3,5-13H2,(H,24,25). The first-order valence-electron chi connectivity index (χ1n) is 10.4. The van der Waals surface area contributed by atoms with Gasteiger partial charge in [0, 0.05) is 10.9 Å². The number of ether oxygens (including phenoxy) is 3. The molecule has 0 spiro atoms. The summed E-state index contributed by atoms with van der Waals surface area (Å²) < 4.78 is 16.2. The maximum absolute atomic E-state index is 12.5. The second kappa shape index (κ2) is 7.18. The average Bonchev–Trinajstić information content (AvgIpc) is 3.10. The molecule has 6 rings (SSSR count). The van der Waals surface area contributed by atoms with Gasteiger partial charge in [-0.2, -0.15) is 0 Å². The van der Waals surface area contributed by atoms with E-state index in [9.17, 15) is 9.59 Å². The predicted octanol–water partition coefficient (Wildman–Crippen LogP) is 3.70. The maximum Gasteiger partial charge on any atom is 0.306 e. The van der Waals surface area contributed by atoms with Gasteiger partial charge in [-0.15, -0.1) is 0 Å². The first-order chi connectivity index (χ1) is 13.9. The molecule has 1 N–H and O–H groups in total. The van der Waals surface area contributed by atoms with Crippen molar-refractivity contribution in [2.45, 2.75) is 55.8 Å². The zero-order chi connectivity index (χ0) is 20.1. The third kappa shape index (κ3) is 3.98. The van der Waals surface area contributed by atoms with Crippen molar-refractivity contribution in [2.24, 2.45) is 17.3 Å². The molecule has 0 radical (unpaired) electrons. The number of halogens is 1. The van der Waals surface area contributed by atoms with Crippen LogP contribution in [0.15, 0.2) is 18.2 Å². The third-order valence-corrected chi connectivity index (χ3v) is 7.85. The summed E-state index contributed by atoms with van der Waals surface area (Å²) in [5.74, 6) is 2.31. The Bertz CT molecular complexity index is 826.